The van der Waals surface area contributed by atoms with Gasteiger partial charge < -0.3 is 4.90 Å². The molecular formula is C21H25N7O2. The van der Waals surface area contributed by atoms with Crippen LogP contribution in [0.2, 0.25) is 0 Å². The third kappa shape index (κ3) is 3.59. The molecule has 156 valence electrons. The Labute approximate surface area is 173 Å². The van der Waals surface area contributed by atoms with Gasteiger partial charge in [-0.25, -0.2) is 14.2 Å². The molecule has 9 heteroatoms. The molecule has 0 radical (unpaired) electrons. The Balaban J connectivity index is 1.25. The van der Waals surface area contributed by atoms with E-state index in [1.807, 2.05) is 26.0 Å². The summed E-state index contributed by atoms with van der Waals surface area (Å²) in [6.07, 6.45) is 3.99. The van der Waals surface area contributed by atoms with Crippen molar-refractivity contribution in [2.75, 3.05) is 13.1 Å². The molecule has 30 heavy (non-hydrogen) atoms. The van der Waals surface area contributed by atoms with Crippen LogP contribution in [0.25, 0.3) is 5.78 Å². The Bertz CT molecular complexity index is 1170. The number of carbonyl (C=O) groups excluding carboxylic acids is 1. The second kappa shape index (κ2) is 7.30. The Kier molecular flexibility index (Phi) is 4.60. The van der Waals surface area contributed by atoms with Gasteiger partial charge in [-0.3, -0.25) is 9.59 Å². The number of aromatic nitrogens is 6. The first kappa shape index (κ1) is 18.9. The lowest BCUT2D eigenvalue weighted by Crippen LogP contribution is -2.40. The minimum atomic E-state index is -0.165. The molecule has 1 amide bonds. The Hall–Kier alpha value is -3.10. The molecule has 5 rings (SSSR count). The van der Waals surface area contributed by atoms with Crippen LogP contribution in [0.4, 0.5) is 0 Å². The van der Waals surface area contributed by atoms with Gasteiger partial charge in [0.1, 0.15) is 0 Å². The summed E-state index contributed by atoms with van der Waals surface area (Å²) in [6.45, 7) is 5.68. The van der Waals surface area contributed by atoms with E-state index in [9.17, 15) is 9.59 Å². The molecule has 1 saturated carbocycles. The molecule has 1 saturated heterocycles. The fourth-order valence-corrected chi connectivity index (χ4v) is 4.15. The number of hydrogen-bond donors (Lipinski definition) is 0. The summed E-state index contributed by atoms with van der Waals surface area (Å²) in [5.41, 5.74) is 2.72. The number of hydrogen-bond acceptors (Lipinski definition) is 6. The SMILES string of the molecule is Cc1cc(C)n2nc(C(=O)N3CCC(Cn4nc(C5CC5)ccc4=O)CC3)nc2n1. The highest BCUT2D eigenvalue weighted by molar-refractivity contribution is 5.90. The summed E-state index contributed by atoms with van der Waals surface area (Å²) in [7, 11) is 0. The third-order valence-corrected chi connectivity index (χ3v) is 6.03. The summed E-state index contributed by atoms with van der Waals surface area (Å²) in [5, 5.41) is 8.92. The van der Waals surface area contributed by atoms with Crippen LogP contribution in [-0.4, -0.2) is 53.3 Å². The van der Waals surface area contributed by atoms with Gasteiger partial charge in [0.25, 0.3) is 17.2 Å². The van der Waals surface area contributed by atoms with E-state index in [-0.39, 0.29) is 17.3 Å². The highest BCUT2D eigenvalue weighted by atomic mass is 16.2. The van der Waals surface area contributed by atoms with Crippen molar-refractivity contribution in [3.8, 4) is 0 Å². The molecule has 4 heterocycles. The van der Waals surface area contributed by atoms with E-state index in [2.05, 4.69) is 20.2 Å². The van der Waals surface area contributed by atoms with Gasteiger partial charge in [-0.05, 0) is 57.6 Å². The molecule has 0 N–H and O–H groups in total. The topological polar surface area (TPSA) is 98.3 Å². The molecule has 2 aliphatic rings. The van der Waals surface area contributed by atoms with Crippen LogP contribution in [0.15, 0.2) is 23.0 Å². The van der Waals surface area contributed by atoms with Crippen LogP contribution in [0.5, 0.6) is 0 Å². The van der Waals surface area contributed by atoms with Crippen molar-refractivity contribution in [1.82, 2.24) is 34.3 Å². The number of aryl methyl sites for hydroxylation is 2. The van der Waals surface area contributed by atoms with Crippen molar-refractivity contribution in [3.05, 3.63) is 51.5 Å². The van der Waals surface area contributed by atoms with Crippen LogP contribution in [0, 0.1) is 19.8 Å². The van der Waals surface area contributed by atoms with E-state index >= 15 is 0 Å². The molecule has 1 aliphatic carbocycles. The van der Waals surface area contributed by atoms with Crippen LogP contribution >= 0.6 is 0 Å². The lowest BCUT2D eigenvalue weighted by atomic mass is 9.96. The fourth-order valence-electron chi connectivity index (χ4n) is 4.15. The Morgan fingerprint density at radius 3 is 2.57 bits per heavy atom. The lowest BCUT2D eigenvalue weighted by molar-refractivity contribution is 0.0668. The van der Waals surface area contributed by atoms with E-state index in [0.29, 0.717) is 37.2 Å². The maximum Gasteiger partial charge on any atom is 0.293 e. The maximum atomic E-state index is 12.9. The zero-order chi connectivity index (χ0) is 20.8. The number of carbonyl (C=O) groups is 1. The van der Waals surface area contributed by atoms with Gasteiger partial charge in [-0.2, -0.15) is 10.1 Å². The first-order chi connectivity index (χ1) is 14.5. The zero-order valence-corrected chi connectivity index (χ0v) is 17.3. The second-order valence-electron chi connectivity index (χ2n) is 8.47. The number of fused-ring (bicyclic) bond motifs is 1. The van der Waals surface area contributed by atoms with Crippen molar-refractivity contribution in [3.63, 3.8) is 0 Å². The molecule has 9 nitrogen and oxygen atoms in total. The number of nitrogens with zero attached hydrogens (tertiary/aromatic N) is 7. The van der Waals surface area contributed by atoms with Crippen LogP contribution in [-0.2, 0) is 6.54 Å². The monoisotopic (exact) mass is 407 g/mol. The van der Waals surface area contributed by atoms with Crippen LogP contribution < -0.4 is 5.56 Å². The van der Waals surface area contributed by atoms with Gasteiger partial charge in [0.15, 0.2) is 0 Å². The average Bonchev–Trinajstić information content (AvgIpc) is 3.49. The maximum absolute atomic E-state index is 12.9. The lowest BCUT2D eigenvalue weighted by Gasteiger charge is -2.31. The number of rotatable bonds is 4. The van der Waals surface area contributed by atoms with Gasteiger partial charge in [0, 0.05) is 43.0 Å². The molecule has 2 fully saturated rings. The third-order valence-electron chi connectivity index (χ3n) is 6.03. The van der Waals surface area contributed by atoms with E-state index in [0.717, 1.165) is 42.8 Å². The summed E-state index contributed by atoms with van der Waals surface area (Å²) < 4.78 is 3.22. The minimum absolute atomic E-state index is 0.0510. The predicted octanol–water partition coefficient (Wildman–Crippen LogP) is 1.73. The summed E-state index contributed by atoms with van der Waals surface area (Å²) in [6, 6.07) is 5.40. The largest absolute Gasteiger partial charge is 0.336 e. The molecule has 0 bridgehead atoms. The van der Waals surface area contributed by atoms with Crippen LogP contribution in [0.1, 0.15) is 59.3 Å². The first-order valence-electron chi connectivity index (χ1n) is 10.6. The van der Waals surface area contributed by atoms with Gasteiger partial charge >= 0.3 is 0 Å². The minimum Gasteiger partial charge on any atom is -0.336 e. The molecule has 3 aromatic rings. The van der Waals surface area contributed by atoms with Gasteiger partial charge in [0.05, 0.1) is 5.69 Å². The Morgan fingerprint density at radius 2 is 1.83 bits per heavy atom. The first-order valence-corrected chi connectivity index (χ1v) is 10.6. The highest BCUT2D eigenvalue weighted by Gasteiger charge is 2.28. The molecule has 0 atom stereocenters. The highest BCUT2D eigenvalue weighted by Crippen LogP contribution is 2.38. The normalized spacial score (nSPS) is 17.6. The Morgan fingerprint density at radius 1 is 1.07 bits per heavy atom. The van der Waals surface area contributed by atoms with Gasteiger partial charge in [0.2, 0.25) is 5.82 Å². The van der Waals surface area contributed by atoms with Crippen LogP contribution in [0.3, 0.4) is 0 Å². The fraction of sp³-hybridized carbons (Fsp3) is 0.524. The molecule has 0 aromatic carbocycles. The molecular weight excluding hydrogens is 382 g/mol. The number of likely N-dealkylation sites (tertiary alicyclic amines) is 1. The molecule has 1 aliphatic heterocycles. The van der Waals surface area contributed by atoms with E-state index in [4.69, 9.17) is 0 Å². The summed E-state index contributed by atoms with van der Waals surface area (Å²) in [5.74, 6) is 1.32. The van der Waals surface area contributed by atoms with Crippen molar-refractivity contribution in [2.45, 2.75) is 52.0 Å². The molecule has 0 spiro atoms. The molecule has 0 unspecified atom stereocenters. The number of amides is 1. The van der Waals surface area contributed by atoms with Gasteiger partial charge in [-0.15, -0.1) is 5.10 Å². The molecule has 3 aromatic heterocycles. The number of piperidine rings is 1. The van der Waals surface area contributed by atoms with E-state index in [1.54, 1.807) is 20.2 Å². The summed E-state index contributed by atoms with van der Waals surface area (Å²) >= 11 is 0. The van der Waals surface area contributed by atoms with Crippen molar-refractivity contribution < 1.29 is 4.79 Å². The van der Waals surface area contributed by atoms with E-state index < -0.39 is 0 Å². The van der Waals surface area contributed by atoms with Crippen molar-refractivity contribution in [2.24, 2.45) is 5.92 Å². The van der Waals surface area contributed by atoms with Gasteiger partial charge in [-0.1, -0.05) is 0 Å². The zero-order valence-electron chi connectivity index (χ0n) is 17.3. The second-order valence-corrected chi connectivity index (χ2v) is 8.47. The quantitative estimate of drug-likeness (QED) is 0.653. The van der Waals surface area contributed by atoms with E-state index in [1.165, 1.54) is 0 Å². The summed E-state index contributed by atoms with van der Waals surface area (Å²) in [4.78, 5) is 35.6. The van der Waals surface area contributed by atoms with Crippen molar-refractivity contribution >= 4 is 11.7 Å². The predicted molar refractivity (Wildman–Crippen MR) is 109 cm³/mol. The smallest absolute Gasteiger partial charge is 0.293 e. The average molecular weight is 407 g/mol. The standard InChI is InChI=1S/C21H25N7O2/c1-13-11-14(2)28-21(22-13)23-19(25-28)20(30)26-9-7-15(8-10-26)12-27-18(29)6-5-17(24-27)16-3-4-16/h5-6,11,15-16H,3-4,7-10,12H2,1-2H3. The van der Waals surface area contributed by atoms with Crippen molar-refractivity contribution in [1.29, 1.82) is 0 Å².